The predicted molar refractivity (Wildman–Crippen MR) is 111 cm³/mol. The second kappa shape index (κ2) is 8.10. The lowest BCUT2D eigenvalue weighted by atomic mass is 9.79. The van der Waals surface area contributed by atoms with Crippen LogP contribution >= 0.6 is 0 Å². The van der Waals surface area contributed by atoms with Crippen molar-refractivity contribution in [3.05, 3.63) is 42.0 Å². The van der Waals surface area contributed by atoms with Gasteiger partial charge in [-0.3, -0.25) is 0 Å². The molecule has 0 radical (unpaired) electrons. The molecule has 7 nitrogen and oxygen atoms in total. The van der Waals surface area contributed by atoms with E-state index in [-0.39, 0.29) is 0 Å². The Balaban J connectivity index is 1.58. The van der Waals surface area contributed by atoms with Crippen LogP contribution in [0.25, 0.3) is 11.2 Å². The maximum Gasteiger partial charge on any atom is 0.209 e. The molecule has 1 fully saturated rings. The van der Waals surface area contributed by atoms with Gasteiger partial charge in [-0.25, -0.2) is 9.97 Å². The van der Waals surface area contributed by atoms with E-state index in [1.54, 1.807) is 13.4 Å². The molecule has 1 aliphatic rings. The molecule has 0 saturated heterocycles. The van der Waals surface area contributed by atoms with Crippen LogP contribution in [0.3, 0.4) is 0 Å². The minimum Gasteiger partial charge on any atom is -0.497 e. The molecule has 0 aliphatic heterocycles. The number of methoxy groups -OCH3 is 1. The smallest absolute Gasteiger partial charge is 0.209 e. The van der Waals surface area contributed by atoms with Gasteiger partial charge in [-0.05, 0) is 48.8 Å². The molecule has 0 spiro atoms. The van der Waals surface area contributed by atoms with Crippen LogP contribution in [0.4, 0.5) is 5.82 Å². The van der Waals surface area contributed by atoms with Crippen molar-refractivity contribution in [2.24, 2.45) is 5.92 Å². The van der Waals surface area contributed by atoms with Crippen molar-refractivity contribution in [1.29, 1.82) is 0 Å². The fourth-order valence-corrected chi connectivity index (χ4v) is 3.79. The maximum absolute atomic E-state index is 10.8. The number of anilines is 1. The number of nitrogens with zero attached hydrogens (tertiary/aromatic N) is 3. The molecule has 2 atom stereocenters. The van der Waals surface area contributed by atoms with E-state index >= 15 is 0 Å². The van der Waals surface area contributed by atoms with Crippen molar-refractivity contribution in [2.45, 2.75) is 44.8 Å². The first kappa shape index (κ1) is 19.2. The summed E-state index contributed by atoms with van der Waals surface area (Å²) >= 11 is 0. The van der Waals surface area contributed by atoms with Crippen molar-refractivity contribution >= 4 is 17.0 Å². The summed E-state index contributed by atoms with van der Waals surface area (Å²) in [5, 5.41) is 14.1. The number of H-pyrrole nitrogens is 1. The van der Waals surface area contributed by atoms with Crippen LogP contribution in [0.1, 0.15) is 44.0 Å². The van der Waals surface area contributed by atoms with Crippen molar-refractivity contribution < 1.29 is 9.84 Å². The lowest BCUT2D eigenvalue weighted by molar-refractivity contribution is 0.0410. The summed E-state index contributed by atoms with van der Waals surface area (Å²) < 4.78 is 5.28. The fraction of sp³-hybridized carbons (Fsp3) is 0.409. The summed E-state index contributed by atoms with van der Waals surface area (Å²) in [4.78, 5) is 16.3. The van der Waals surface area contributed by atoms with Crippen LogP contribution in [-0.4, -0.2) is 37.8 Å². The van der Waals surface area contributed by atoms with Gasteiger partial charge in [0.05, 0.1) is 13.4 Å². The lowest BCUT2D eigenvalue weighted by Crippen LogP contribution is -2.32. The minimum absolute atomic E-state index is 0.351. The normalized spacial score (nSPS) is 21.4. The molecule has 3 aromatic rings. The Morgan fingerprint density at radius 3 is 3.10 bits per heavy atom. The van der Waals surface area contributed by atoms with E-state index in [0.717, 1.165) is 29.7 Å². The number of benzene rings is 1. The Bertz CT molecular complexity index is 1070. The Hall–Kier alpha value is -3.11. The third kappa shape index (κ3) is 4.49. The van der Waals surface area contributed by atoms with Gasteiger partial charge in [0.25, 0.3) is 0 Å². The molecule has 29 heavy (non-hydrogen) atoms. The number of imidazole rings is 1. The van der Waals surface area contributed by atoms with Crippen molar-refractivity contribution in [2.75, 3.05) is 12.4 Å². The summed E-state index contributed by atoms with van der Waals surface area (Å²) in [6.45, 7) is 2.72. The van der Waals surface area contributed by atoms with Crippen LogP contribution in [0.5, 0.6) is 5.75 Å². The number of nitrogens with one attached hydrogen (secondary N) is 2. The summed E-state index contributed by atoms with van der Waals surface area (Å²) in [6, 6.07) is 7.84. The van der Waals surface area contributed by atoms with Crippen molar-refractivity contribution in [3.63, 3.8) is 0 Å². The number of aliphatic hydroxyl groups is 1. The maximum atomic E-state index is 10.8. The number of fused-ring (bicyclic) bond motifs is 1. The molecule has 7 heteroatoms. The molecule has 4 rings (SSSR count). The highest BCUT2D eigenvalue weighted by molar-refractivity contribution is 5.82. The third-order valence-corrected chi connectivity index (χ3v) is 5.26. The quantitative estimate of drug-likeness (QED) is 0.591. The minimum atomic E-state index is -0.963. The molecule has 2 unspecified atom stereocenters. The van der Waals surface area contributed by atoms with Gasteiger partial charge in [-0.1, -0.05) is 31.4 Å². The van der Waals surface area contributed by atoms with E-state index in [2.05, 4.69) is 44.0 Å². The Morgan fingerprint density at radius 1 is 1.38 bits per heavy atom. The first-order chi connectivity index (χ1) is 14.0. The average Bonchev–Trinajstić information content (AvgIpc) is 3.19. The number of ether oxygens (including phenoxy) is 1. The summed E-state index contributed by atoms with van der Waals surface area (Å²) in [5.41, 5.74) is 1.37. The first-order valence-corrected chi connectivity index (χ1v) is 9.88. The molecule has 0 amide bonds. The number of aromatic nitrogens is 4. The van der Waals surface area contributed by atoms with Gasteiger partial charge in [0.2, 0.25) is 5.82 Å². The van der Waals surface area contributed by atoms with Crippen LogP contribution < -0.4 is 10.1 Å². The molecular weight excluding hydrogens is 366 g/mol. The second-order valence-electron chi connectivity index (χ2n) is 7.69. The largest absolute Gasteiger partial charge is 0.497 e. The Kier molecular flexibility index (Phi) is 5.36. The fourth-order valence-electron chi connectivity index (χ4n) is 3.79. The first-order valence-electron chi connectivity index (χ1n) is 9.88. The van der Waals surface area contributed by atoms with Gasteiger partial charge in [0, 0.05) is 6.54 Å². The zero-order valence-corrected chi connectivity index (χ0v) is 16.7. The summed E-state index contributed by atoms with van der Waals surface area (Å²) in [5.74, 6) is 8.25. The Labute approximate surface area is 170 Å². The monoisotopic (exact) mass is 391 g/mol. The molecule has 3 N–H and O–H groups in total. The van der Waals surface area contributed by atoms with Crippen LogP contribution in [0.2, 0.25) is 0 Å². The van der Waals surface area contributed by atoms with Crippen molar-refractivity contribution in [1.82, 2.24) is 19.9 Å². The van der Waals surface area contributed by atoms with Crippen LogP contribution in [-0.2, 0) is 6.54 Å². The van der Waals surface area contributed by atoms with E-state index in [1.807, 2.05) is 24.3 Å². The van der Waals surface area contributed by atoms with Gasteiger partial charge in [-0.2, -0.15) is 4.98 Å². The van der Waals surface area contributed by atoms with E-state index in [9.17, 15) is 5.11 Å². The summed E-state index contributed by atoms with van der Waals surface area (Å²) in [7, 11) is 1.65. The molecule has 150 valence electrons. The molecule has 2 heterocycles. The molecule has 0 bridgehead atoms. The van der Waals surface area contributed by atoms with Gasteiger partial charge >= 0.3 is 0 Å². The summed E-state index contributed by atoms with van der Waals surface area (Å²) in [6.07, 6.45) is 5.09. The number of hydrogen-bond acceptors (Lipinski definition) is 6. The van der Waals surface area contributed by atoms with Crippen LogP contribution in [0.15, 0.2) is 30.6 Å². The molecule has 1 saturated carbocycles. The molecule has 1 aromatic carbocycles. The van der Waals surface area contributed by atoms with Gasteiger partial charge in [0.1, 0.15) is 16.9 Å². The van der Waals surface area contributed by atoms with E-state index in [0.29, 0.717) is 42.6 Å². The SMILES string of the molecule is COc1cccc(CNc2nc(C#CC3(O)CCCC(C)C3)nc3nc[nH]c23)c1. The highest BCUT2D eigenvalue weighted by Gasteiger charge is 2.30. The molecule has 1 aliphatic carbocycles. The number of rotatable bonds is 4. The lowest BCUT2D eigenvalue weighted by Gasteiger charge is -2.30. The average molecular weight is 391 g/mol. The van der Waals surface area contributed by atoms with E-state index in [4.69, 9.17) is 4.74 Å². The zero-order chi connectivity index (χ0) is 20.3. The van der Waals surface area contributed by atoms with E-state index in [1.165, 1.54) is 0 Å². The Morgan fingerprint density at radius 2 is 2.28 bits per heavy atom. The molecular formula is C22H25N5O2. The second-order valence-corrected chi connectivity index (χ2v) is 7.69. The molecule has 2 aromatic heterocycles. The predicted octanol–water partition coefficient (Wildman–Crippen LogP) is 3.27. The highest BCUT2D eigenvalue weighted by Crippen LogP contribution is 2.31. The highest BCUT2D eigenvalue weighted by atomic mass is 16.5. The van der Waals surface area contributed by atoms with Gasteiger partial charge in [0.15, 0.2) is 11.5 Å². The van der Waals surface area contributed by atoms with Gasteiger partial charge in [-0.15, -0.1) is 0 Å². The third-order valence-electron chi connectivity index (χ3n) is 5.26. The van der Waals surface area contributed by atoms with E-state index < -0.39 is 5.60 Å². The van der Waals surface area contributed by atoms with Gasteiger partial charge < -0.3 is 20.1 Å². The zero-order valence-electron chi connectivity index (χ0n) is 16.7. The standard InChI is InChI=1S/C22H25N5O2/c1-15-5-4-9-22(28,12-15)10-8-18-26-20(19-21(27-18)25-14-24-19)23-13-16-6-3-7-17(11-16)29-2/h3,6-7,11,14-15,28H,4-5,9,12-13H2,1-2H3,(H2,23,24,25,26,27). The number of hydrogen-bond donors (Lipinski definition) is 3. The van der Waals surface area contributed by atoms with Crippen LogP contribution in [0, 0.1) is 17.8 Å². The van der Waals surface area contributed by atoms with Crippen molar-refractivity contribution in [3.8, 4) is 17.6 Å². The topological polar surface area (TPSA) is 95.9 Å². The number of aromatic amines is 1.